The number of benzene rings is 1. The second-order valence-electron chi connectivity index (χ2n) is 6.48. The molecule has 0 N–H and O–H groups in total. The minimum absolute atomic E-state index is 0.287. The van der Waals surface area contributed by atoms with Crippen LogP contribution in [0.1, 0.15) is 16.0 Å². The van der Waals surface area contributed by atoms with Crippen LogP contribution in [0.3, 0.4) is 0 Å². The van der Waals surface area contributed by atoms with Crippen LogP contribution in [0.15, 0.2) is 34.5 Å². The van der Waals surface area contributed by atoms with Gasteiger partial charge in [-0.05, 0) is 48.1 Å². The molecule has 0 unspecified atom stereocenters. The van der Waals surface area contributed by atoms with Gasteiger partial charge in [0.05, 0.1) is 4.90 Å². The van der Waals surface area contributed by atoms with Crippen LogP contribution in [0, 0.1) is 6.92 Å². The van der Waals surface area contributed by atoms with Gasteiger partial charge in [-0.3, -0.25) is 4.90 Å². The molecule has 0 amide bonds. The van der Waals surface area contributed by atoms with Crippen molar-refractivity contribution in [3.8, 4) is 0 Å². The zero-order valence-electron chi connectivity index (χ0n) is 13.4. The summed E-state index contributed by atoms with van der Waals surface area (Å²) in [6.45, 7) is 4.95. The van der Waals surface area contributed by atoms with Crippen LogP contribution in [0.5, 0.6) is 0 Å². The predicted octanol–water partition coefficient (Wildman–Crippen LogP) is 3.14. The molecule has 1 saturated heterocycles. The van der Waals surface area contributed by atoms with Crippen molar-refractivity contribution in [3.63, 3.8) is 0 Å². The van der Waals surface area contributed by atoms with Gasteiger partial charge in [0.2, 0.25) is 10.0 Å². The molecule has 1 aromatic heterocycles. The molecule has 0 radical (unpaired) electrons. The van der Waals surface area contributed by atoms with Crippen molar-refractivity contribution < 1.29 is 8.42 Å². The van der Waals surface area contributed by atoms with Gasteiger partial charge < -0.3 is 0 Å². The first kappa shape index (κ1) is 16.5. The van der Waals surface area contributed by atoms with E-state index >= 15 is 0 Å². The number of fused-ring (bicyclic) bond motifs is 1. The van der Waals surface area contributed by atoms with Gasteiger partial charge in [-0.15, -0.1) is 11.3 Å². The molecule has 7 heteroatoms. The van der Waals surface area contributed by atoms with Crippen molar-refractivity contribution >= 4 is 33.0 Å². The first-order valence-electron chi connectivity index (χ1n) is 8.01. The Hall–Kier alpha value is -0.920. The monoisotopic (exact) mass is 382 g/mol. The smallest absolute Gasteiger partial charge is 0.243 e. The molecule has 2 aromatic rings. The van der Waals surface area contributed by atoms with E-state index in [0.29, 0.717) is 24.2 Å². The van der Waals surface area contributed by atoms with Crippen molar-refractivity contribution in [2.24, 2.45) is 0 Å². The van der Waals surface area contributed by atoms with E-state index < -0.39 is 10.0 Å². The molecule has 128 valence electrons. The molecule has 1 aromatic carbocycles. The minimum Gasteiger partial charge on any atom is -0.293 e. The Kier molecular flexibility index (Phi) is 4.21. The van der Waals surface area contributed by atoms with Gasteiger partial charge in [-0.1, -0.05) is 17.7 Å². The normalized spacial score (nSPS) is 19.9. The largest absolute Gasteiger partial charge is 0.293 e. The van der Waals surface area contributed by atoms with E-state index in [-0.39, 0.29) is 4.90 Å². The molecule has 24 heavy (non-hydrogen) atoms. The van der Waals surface area contributed by atoms with E-state index in [9.17, 15) is 8.42 Å². The number of rotatable bonds is 3. The van der Waals surface area contributed by atoms with Gasteiger partial charge in [-0.25, -0.2) is 8.42 Å². The molecular weight excluding hydrogens is 364 g/mol. The van der Waals surface area contributed by atoms with Crippen molar-refractivity contribution in [3.05, 3.63) is 50.7 Å². The van der Waals surface area contributed by atoms with Gasteiger partial charge in [0.15, 0.2) is 0 Å². The summed E-state index contributed by atoms with van der Waals surface area (Å²) >= 11 is 7.91. The topological polar surface area (TPSA) is 40.6 Å². The molecule has 2 aliphatic heterocycles. The van der Waals surface area contributed by atoms with Gasteiger partial charge in [-0.2, -0.15) is 4.31 Å². The summed E-state index contributed by atoms with van der Waals surface area (Å²) in [6, 6.07) is 7.46. The number of halogens is 1. The van der Waals surface area contributed by atoms with Gasteiger partial charge >= 0.3 is 0 Å². The molecule has 3 heterocycles. The Bertz CT molecular complexity index is 872. The zero-order chi connectivity index (χ0) is 16.9. The molecule has 0 atom stereocenters. The highest BCUT2D eigenvalue weighted by Gasteiger charge is 2.40. The van der Waals surface area contributed by atoms with E-state index in [0.717, 1.165) is 25.1 Å². The number of hydrogen-bond donors (Lipinski definition) is 0. The Labute approximate surface area is 151 Å². The van der Waals surface area contributed by atoms with Crippen LogP contribution in [-0.4, -0.2) is 43.3 Å². The number of thiophene rings is 1. The molecule has 0 aliphatic carbocycles. The van der Waals surface area contributed by atoms with Crippen LogP contribution in [0.4, 0.5) is 0 Å². The molecule has 1 fully saturated rings. The van der Waals surface area contributed by atoms with Crippen molar-refractivity contribution in [2.75, 3.05) is 19.6 Å². The highest BCUT2D eigenvalue weighted by Crippen LogP contribution is 2.31. The fraction of sp³-hybridized carbons (Fsp3) is 0.412. The van der Waals surface area contributed by atoms with Crippen LogP contribution < -0.4 is 0 Å². The fourth-order valence-electron chi connectivity index (χ4n) is 3.31. The highest BCUT2D eigenvalue weighted by molar-refractivity contribution is 7.89. The fourth-order valence-corrected chi connectivity index (χ4v) is 5.99. The minimum atomic E-state index is -3.44. The van der Waals surface area contributed by atoms with Crippen molar-refractivity contribution in [1.82, 2.24) is 9.21 Å². The number of nitrogens with zero attached hydrogens (tertiary/aromatic N) is 2. The third-order valence-corrected chi connectivity index (χ3v) is 8.22. The third-order valence-electron chi connectivity index (χ3n) is 4.96. The average Bonchev–Trinajstić information content (AvgIpc) is 2.96. The SMILES string of the molecule is Cc1ccc(S(=O)(=O)N2CC(N3CCc4sccc4C3)C2)cc1Cl. The standard InChI is InChI=1S/C17H19ClN2O2S2/c1-12-2-3-15(8-16(12)18)24(21,22)20-10-14(11-20)19-6-4-17-13(9-19)5-7-23-17/h2-3,5,7-8,14H,4,6,9-11H2,1H3. The lowest BCUT2D eigenvalue weighted by atomic mass is 10.0. The first-order valence-corrected chi connectivity index (χ1v) is 10.7. The summed E-state index contributed by atoms with van der Waals surface area (Å²) in [5, 5.41) is 2.64. The summed E-state index contributed by atoms with van der Waals surface area (Å²) in [5.74, 6) is 0. The predicted molar refractivity (Wildman–Crippen MR) is 97.2 cm³/mol. The molecule has 4 nitrogen and oxygen atoms in total. The first-order chi connectivity index (χ1) is 11.4. The Balaban J connectivity index is 1.44. The summed E-state index contributed by atoms with van der Waals surface area (Å²) < 4.78 is 27.0. The van der Waals surface area contributed by atoms with E-state index in [2.05, 4.69) is 16.3 Å². The van der Waals surface area contributed by atoms with Gasteiger partial charge in [0.25, 0.3) is 0 Å². The van der Waals surface area contributed by atoms with Gasteiger partial charge in [0.1, 0.15) is 0 Å². The molecule has 0 bridgehead atoms. The lowest BCUT2D eigenvalue weighted by Gasteiger charge is -2.45. The number of aryl methyl sites for hydroxylation is 1. The Morgan fingerprint density at radius 1 is 1.25 bits per heavy atom. The summed E-state index contributed by atoms with van der Waals surface area (Å²) in [6.07, 6.45) is 1.07. The lowest BCUT2D eigenvalue weighted by Crippen LogP contribution is -2.61. The summed E-state index contributed by atoms with van der Waals surface area (Å²) in [4.78, 5) is 4.17. The maximum Gasteiger partial charge on any atom is 0.243 e. The van der Waals surface area contributed by atoms with Crippen LogP contribution in [0.25, 0.3) is 0 Å². The molecular formula is C17H19ClN2O2S2. The number of sulfonamides is 1. The van der Waals surface area contributed by atoms with Gasteiger partial charge in [0, 0.05) is 42.1 Å². The van der Waals surface area contributed by atoms with Crippen molar-refractivity contribution in [1.29, 1.82) is 0 Å². The highest BCUT2D eigenvalue weighted by atomic mass is 35.5. The summed E-state index contributed by atoms with van der Waals surface area (Å²) in [7, 11) is -3.44. The average molecular weight is 383 g/mol. The lowest BCUT2D eigenvalue weighted by molar-refractivity contribution is 0.0775. The Morgan fingerprint density at radius 2 is 2.04 bits per heavy atom. The molecule has 0 spiro atoms. The Morgan fingerprint density at radius 3 is 2.79 bits per heavy atom. The van der Waals surface area contributed by atoms with E-state index in [4.69, 9.17) is 11.6 Å². The maximum atomic E-state index is 12.7. The second-order valence-corrected chi connectivity index (χ2v) is 9.82. The van der Waals surface area contributed by atoms with Crippen LogP contribution >= 0.6 is 22.9 Å². The number of hydrogen-bond acceptors (Lipinski definition) is 4. The summed E-state index contributed by atoms with van der Waals surface area (Å²) in [5.41, 5.74) is 2.29. The third kappa shape index (κ3) is 2.80. The second kappa shape index (κ2) is 6.11. The molecule has 0 saturated carbocycles. The van der Waals surface area contributed by atoms with Crippen LogP contribution in [-0.2, 0) is 23.0 Å². The van der Waals surface area contributed by atoms with E-state index in [1.54, 1.807) is 22.5 Å². The molecule has 2 aliphatic rings. The zero-order valence-corrected chi connectivity index (χ0v) is 15.8. The molecule has 4 rings (SSSR count). The van der Waals surface area contributed by atoms with Crippen molar-refractivity contribution in [2.45, 2.75) is 30.8 Å². The quantitative estimate of drug-likeness (QED) is 0.818. The van der Waals surface area contributed by atoms with E-state index in [1.165, 1.54) is 10.4 Å². The van der Waals surface area contributed by atoms with Crippen LogP contribution in [0.2, 0.25) is 5.02 Å². The van der Waals surface area contributed by atoms with E-state index in [1.807, 2.05) is 18.3 Å². The maximum absolute atomic E-state index is 12.7.